The Labute approximate surface area is 238 Å². The number of thiophene rings is 1. The number of nitrogen functional groups attached to an aromatic ring is 1. The monoisotopic (exact) mass is 561 g/mol. The number of hydrogen-bond donors (Lipinski definition) is 4. The first kappa shape index (κ1) is 28.8. The van der Waals surface area contributed by atoms with E-state index in [9.17, 15) is 14.4 Å². The Morgan fingerprint density at radius 2 is 1.85 bits per heavy atom. The molecule has 2 aromatic carbocycles. The average Bonchev–Trinajstić information content (AvgIpc) is 3.62. The fourth-order valence-electron chi connectivity index (χ4n) is 4.84. The fraction of sp³-hybridized carbons (Fsp3) is 0.333. The summed E-state index contributed by atoms with van der Waals surface area (Å²) >= 11 is 1.41. The van der Waals surface area contributed by atoms with Crippen molar-refractivity contribution in [1.29, 1.82) is 5.41 Å². The van der Waals surface area contributed by atoms with Gasteiger partial charge in [0.25, 0.3) is 0 Å². The summed E-state index contributed by atoms with van der Waals surface area (Å²) < 4.78 is 5.62. The van der Waals surface area contributed by atoms with Crippen LogP contribution in [0.25, 0.3) is 0 Å². The molecule has 3 amide bonds. The largest absolute Gasteiger partial charge is 0.494 e. The first-order chi connectivity index (χ1) is 19.3. The highest BCUT2D eigenvalue weighted by Crippen LogP contribution is 2.33. The highest BCUT2D eigenvalue weighted by atomic mass is 32.1. The molecule has 4 rings (SSSR count). The van der Waals surface area contributed by atoms with Crippen molar-refractivity contribution in [2.75, 3.05) is 19.7 Å². The minimum atomic E-state index is -0.652. The second-order valence-electron chi connectivity index (χ2n) is 9.83. The quantitative estimate of drug-likeness (QED) is 0.153. The predicted molar refractivity (Wildman–Crippen MR) is 155 cm³/mol. The van der Waals surface area contributed by atoms with Crippen LogP contribution in [-0.4, -0.2) is 54.2 Å². The van der Waals surface area contributed by atoms with E-state index < -0.39 is 6.04 Å². The molecule has 1 saturated heterocycles. The number of benzene rings is 2. The maximum absolute atomic E-state index is 13.3. The summed E-state index contributed by atoms with van der Waals surface area (Å²) in [5.74, 6) is -0.0321. The van der Waals surface area contributed by atoms with Crippen LogP contribution in [0, 0.1) is 12.3 Å². The molecule has 3 aromatic rings. The topological polar surface area (TPSA) is 138 Å². The molecule has 0 bridgehead atoms. The minimum Gasteiger partial charge on any atom is -0.494 e. The molecule has 5 N–H and O–H groups in total. The summed E-state index contributed by atoms with van der Waals surface area (Å²) in [6.45, 7) is 2.94. The summed E-state index contributed by atoms with van der Waals surface area (Å²) in [7, 11) is 0. The summed E-state index contributed by atoms with van der Waals surface area (Å²) in [4.78, 5) is 41.4. The Balaban J connectivity index is 1.33. The summed E-state index contributed by atoms with van der Waals surface area (Å²) in [6.07, 6.45) is 1.25. The molecule has 1 fully saturated rings. The van der Waals surface area contributed by atoms with Gasteiger partial charge in [-0.2, -0.15) is 0 Å². The third-order valence-corrected chi connectivity index (χ3v) is 7.89. The average molecular weight is 562 g/mol. The second kappa shape index (κ2) is 13.7. The molecular weight excluding hydrogens is 526 g/mol. The molecular formula is C30H35N5O4S. The van der Waals surface area contributed by atoms with Gasteiger partial charge in [-0.25, -0.2) is 0 Å². The number of rotatable bonds is 12. The molecule has 10 heteroatoms. The van der Waals surface area contributed by atoms with Crippen molar-refractivity contribution in [2.24, 2.45) is 5.73 Å². The van der Waals surface area contributed by atoms with Gasteiger partial charge in [0, 0.05) is 34.7 Å². The van der Waals surface area contributed by atoms with Crippen LogP contribution in [0.4, 0.5) is 0 Å². The number of aryl methyl sites for hydroxylation is 1. The predicted octanol–water partition coefficient (Wildman–Crippen LogP) is 3.32. The molecule has 9 nitrogen and oxygen atoms in total. The Kier molecular flexibility index (Phi) is 9.91. The van der Waals surface area contributed by atoms with Gasteiger partial charge in [0.05, 0.1) is 19.7 Å². The smallest absolute Gasteiger partial charge is 0.243 e. The zero-order valence-corrected chi connectivity index (χ0v) is 23.3. The highest BCUT2D eigenvalue weighted by Gasteiger charge is 2.40. The van der Waals surface area contributed by atoms with E-state index in [0.717, 1.165) is 21.8 Å². The second-order valence-corrected chi connectivity index (χ2v) is 10.8. The summed E-state index contributed by atoms with van der Waals surface area (Å²) in [5, 5.41) is 15.0. The van der Waals surface area contributed by atoms with Gasteiger partial charge in [-0.15, -0.1) is 11.3 Å². The Bertz CT molecular complexity index is 1340. The van der Waals surface area contributed by atoms with E-state index in [1.54, 1.807) is 16.3 Å². The van der Waals surface area contributed by atoms with Crippen molar-refractivity contribution >= 4 is 34.9 Å². The molecule has 1 aliphatic rings. The molecule has 0 saturated carbocycles. The first-order valence-corrected chi connectivity index (χ1v) is 14.2. The van der Waals surface area contributed by atoms with Crippen LogP contribution in [0.5, 0.6) is 5.75 Å². The zero-order chi connectivity index (χ0) is 28.5. The van der Waals surface area contributed by atoms with Crippen molar-refractivity contribution in [3.63, 3.8) is 0 Å². The summed E-state index contributed by atoms with van der Waals surface area (Å²) in [5.41, 5.74) is 8.39. The maximum atomic E-state index is 13.3. The van der Waals surface area contributed by atoms with Crippen LogP contribution in [0.1, 0.15) is 46.7 Å². The highest BCUT2D eigenvalue weighted by molar-refractivity contribution is 7.10. The van der Waals surface area contributed by atoms with E-state index in [0.29, 0.717) is 31.6 Å². The van der Waals surface area contributed by atoms with Crippen molar-refractivity contribution in [3.05, 3.63) is 87.6 Å². The van der Waals surface area contributed by atoms with E-state index in [1.807, 2.05) is 61.5 Å². The standard InChI is InChI=1S/C30H35N5O4S/c1-20-8-5-6-11-25(20)21-15-26(30(38)34-16-24-14-22(19-40-24)29(31)32)35(18-21)28(37)17-33-27(36)12-7-13-39-23-9-3-2-4-10-23/h2-6,8-11,14,19,21,26H,7,12-13,15-18H2,1H3,(H3,31,32)(H,33,36)(H,34,38)/t21-,26+/m1/s1. The fourth-order valence-corrected chi connectivity index (χ4v) is 5.66. The van der Waals surface area contributed by atoms with E-state index in [1.165, 1.54) is 11.3 Å². The number of nitrogens with one attached hydrogen (secondary N) is 3. The van der Waals surface area contributed by atoms with Crippen LogP contribution in [0.3, 0.4) is 0 Å². The molecule has 2 heterocycles. The maximum Gasteiger partial charge on any atom is 0.243 e. The van der Waals surface area contributed by atoms with Gasteiger partial charge in [-0.3, -0.25) is 19.8 Å². The molecule has 1 aromatic heterocycles. The molecule has 1 aliphatic heterocycles. The van der Waals surface area contributed by atoms with Crippen molar-refractivity contribution in [3.8, 4) is 5.75 Å². The van der Waals surface area contributed by atoms with Crippen molar-refractivity contribution in [2.45, 2.75) is 44.7 Å². The van der Waals surface area contributed by atoms with E-state index in [-0.39, 0.29) is 49.0 Å². The van der Waals surface area contributed by atoms with E-state index >= 15 is 0 Å². The Hall–Kier alpha value is -4.18. The molecule has 0 aliphatic carbocycles. The number of para-hydroxylation sites is 1. The summed E-state index contributed by atoms with van der Waals surface area (Å²) in [6, 6.07) is 18.5. The van der Waals surface area contributed by atoms with Gasteiger partial charge < -0.3 is 26.0 Å². The number of nitrogens with two attached hydrogens (primary N) is 1. The van der Waals surface area contributed by atoms with Crippen LogP contribution >= 0.6 is 11.3 Å². The number of amidine groups is 1. The van der Waals surface area contributed by atoms with Crippen LogP contribution in [-0.2, 0) is 20.9 Å². The SMILES string of the molecule is Cc1ccccc1[C@@H]1C[C@@H](C(=O)NCc2cc(C(=N)N)cs2)N(C(=O)CNC(=O)CCCOc2ccccc2)C1. The zero-order valence-electron chi connectivity index (χ0n) is 22.5. The number of nitrogens with zero attached hydrogens (tertiary/aromatic N) is 1. The lowest BCUT2D eigenvalue weighted by Gasteiger charge is -2.24. The molecule has 0 unspecified atom stereocenters. The lowest BCUT2D eigenvalue weighted by Crippen LogP contribution is -2.48. The van der Waals surface area contributed by atoms with Gasteiger partial charge in [0.15, 0.2) is 0 Å². The minimum absolute atomic E-state index is 0.0118. The van der Waals surface area contributed by atoms with Crippen LogP contribution in [0.15, 0.2) is 66.0 Å². The number of ether oxygens (including phenoxy) is 1. The lowest BCUT2D eigenvalue weighted by molar-refractivity contribution is -0.138. The van der Waals surface area contributed by atoms with Gasteiger partial charge in [0.1, 0.15) is 17.6 Å². The van der Waals surface area contributed by atoms with E-state index in [2.05, 4.69) is 10.6 Å². The van der Waals surface area contributed by atoms with Crippen molar-refractivity contribution in [1.82, 2.24) is 15.5 Å². The molecule has 0 spiro atoms. The number of carbonyl (C=O) groups excluding carboxylic acids is 3. The first-order valence-electron chi connectivity index (χ1n) is 13.3. The van der Waals surface area contributed by atoms with E-state index in [4.69, 9.17) is 15.9 Å². The van der Waals surface area contributed by atoms with Crippen LogP contribution < -0.4 is 21.1 Å². The number of amides is 3. The molecule has 2 atom stereocenters. The van der Waals surface area contributed by atoms with Gasteiger partial charge in [-0.1, -0.05) is 42.5 Å². The number of carbonyl (C=O) groups is 3. The molecule has 40 heavy (non-hydrogen) atoms. The van der Waals surface area contributed by atoms with Gasteiger partial charge >= 0.3 is 0 Å². The number of hydrogen-bond acceptors (Lipinski definition) is 6. The third kappa shape index (κ3) is 7.69. The van der Waals surface area contributed by atoms with Gasteiger partial charge in [-0.05, 0) is 49.1 Å². The number of likely N-dealkylation sites (tertiary alicyclic amines) is 1. The van der Waals surface area contributed by atoms with Gasteiger partial charge in [0.2, 0.25) is 17.7 Å². The molecule has 0 radical (unpaired) electrons. The normalized spacial score (nSPS) is 16.4. The Morgan fingerprint density at radius 3 is 2.58 bits per heavy atom. The third-order valence-electron chi connectivity index (χ3n) is 6.95. The lowest BCUT2D eigenvalue weighted by atomic mass is 9.92. The molecule has 210 valence electrons. The Morgan fingerprint density at radius 1 is 1.10 bits per heavy atom. The van der Waals surface area contributed by atoms with Crippen LogP contribution in [0.2, 0.25) is 0 Å². The van der Waals surface area contributed by atoms with Crippen molar-refractivity contribution < 1.29 is 19.1 Å².